The third-order valence-electron chi connectivity index (χ3n) is 27.0. The van der Waals surface area contributed by atoms with Gasteiger partial charge >= 0.3 is 0 Å². The minimum absolute atomic E-state index is 0.0575. The van der Waals surface area contributed by atoms with Gasteiger partial charge in [-0.25, -0.2) is 0 Å². The maximum absolute atomic E-state index is 12.4. The summed E-state index contributed by atoms with van der Waals surface area (Å²) >= 11 is 2.08. The van der Waals surface area contributed by atoms with Crippen LogP contribution >= 0.6 is 11.8 Å². The number of hydrogen-bond acceptors (Lipinski definition) is 18. The Kier molecular flexibility index (Phi) is 42.8. The van der Waals surface area contributed by atoms with Crippen LogP contribution < -0.4 is 0 Å². The molecule has 0 aliphatic carbocycles. The van der Waals surface area contributed by atoms with Crippen LogP contribution in [0.1, 0.15) is 259 Å². The topological polar surface area (TPSA) is 193 Å². The molecule has 0 atom stereocenters. The SMILES string of the molecule is CC(C)(C)CC(=O)N1CC=CCC1.CC(C)(C)CC(=O)N1CCC(N2CCN(C3CCOCC3)CC2)CC1.CC(C)(C)CC(=O)N1CCC(N2CCN(C3COC3)CC2)CC1.CC(C)(C)CC(=O)N1CCN(C2CCSCC2)CC1.CC(C)(C)CC(=O)N1CCN(CC2CCOCC2)CC1.CN(CCC(=O)N1CCC1)C1CCN(C(=O)CC(C)(C)C)CC1. The number of likely N-dealkylation sites (tertiary alicyclic amines) is 4. The number of hydrogen-bond donors (Lipinski definition) is 0. The highest BCUT2D eigenvalue weighted by molar-refractivity contribution is 7.99. The monoisotopic (exact) mass is 1750 g/mol. The van der Waals surface area contributed by atoms with Crippen molar-refractivity contribution in [3.63, 3.8) is 0 Å². The average Bonchev–Trinajstić information content (AvgIpc) is 0.841. The van der Waals surface area contributed by atoms with Crippen LogP contribution in [0.5, 0.6) is 0 Å². The van der Waals surface area contributed by atoms with Gasteiger partial charge in [-0.05, 0) is 147 Å². The van der Waals surface area contributed by atoms with E-state index in [-0.39, 0.29) is 44.3 Å². The highest BCUT2D eigenvalue weighted by atomic mass is 32.2. The van der Waals surface area contributed by atoms with E-state index in [4.69, 9.17) is 14.2 Å². The number of piperazine rings is 4. The van der Waals surface area contributed by atoms with Gasteiger partial charge in [0.25, 0.3) is 0 Å². The summed E-state index contributed by atoms with van der Waals surface area (Å²) in [6.07, 6.45) is 25.0. The molecule has 13 heterocycles. The quantitative estimate of drug-likeness (QED) is 0.125. The molecule has 123 heavy (non-hydrogen) atoms. The van der Waals surface area contributed by atoms with E-state index >= 15 is 0 Å². The van der Waals surface area contributed by atoms with E-state index in [1.807, 2.05) is 19.6 Å². The predicted octanol–water partition coefficient (Wildman–Crippen LogP) is 12.3. The first-order valence-electron chi connectivity index (χ1n) is 49.0. The maximum Gasteiger partial charge on any atom is 0.223 e. The third-order valence-corrected chi connectivity index (χ3v) is 28.0. The lowest BCUT2D eigenvalue weighted by molar-refractivity contribution is -0.136. The number of carbonyl (C=O) groups excluding carboxylic acids is 7. The van der Waals surface area contributed by atoms with E-state index in [0.29, 0.717) is 98.6 Å². The Bertz CT molecular complexity index is 3130. The zero-order valence-corrected chi connectivity index (χ0v) is 82.6. The lowest BCUT2D eigenvalue weighted by atomic mass is 9.91. The predicted molar refractivity (Wildman–Crippen MR) is 502 cm³/mol. The van der Waals surface area contributed by atoms with Crippen molar-refractivity contribution in [2.45, 2.75) is 296 Å². The van der Waals surface area contributed by atoms with Crippen molar-refractivity contribution in [3.05, 3.63) is 12.2 Å². The summed E-state index contributed by atoms with van der Waals surface area (Å²) in [4.78, 5) is 117. The molecule has 24 nitrogen and oxygen atoms in total. The van der Waals surface area contributed by atoms with Crippen molar-refractivity contribution in [3.8, 4) is 0 Å². The largest absolute Gasteiger partial charge is 0.381 e. The zero-order valence-electron chi connectivity index (χ0n) is 81.8. The average molecular weight is 1750 g/mol. The first kappa shape index (κ1) is 104. The zero-order chi connectivity index (χ0) is 89.7. The molecule has 0 bridgehead atoms. The van der Waals surface area contributed by atoms with Gasteiger partial charge in [0.2, 0.25) is 41.4 Å². The van der Waals surface area contributed by atoms with E-state index in [0.717, 1.165) is 233 Å². The van der Waals surface area contributed by atoms with Crippen LogP contribution in [0.4, 0.5) is 0 Å². The van der Waals surface area contributed by atoms with Gasteiger partial charge in [-0.15, -0.1) is 0 Å². The second-order valence-corrected chi connectivity index (χ2v) is 46.7. The minimum Gasteiger partial charge on any atom is -0.381 e. The van der Waals surface area contributed by atoms with Gasteiger partial charge < -0.3 is 53.4 Å². The standard InChI is InChI=1S/C20H37N3O2.2C18H33N3O2.C16H30N2O2.C15H28N2OS.C11H19NO/c1-20(2,3)16-19(24)23-8-4-17(5-9-23)21-10-12-22(13-11-21)18-6-14-25-15-7-18;1-18(2,3)12-17(22)21-6-4-15(5-7-21)19-8-10-20(11-9-19)16-13-23-14-16;1-18(2,3)14-17(23)21-12-6-15(7-13-21)19(4)11-8-16(22)20-9-5-10-20;1-16(2,3)12-15(19)18-8-6-17(7-9-18)13-14-4-10-20-11-5-14;1-15(2,3)12-14(18)17-8-6-16(7-9-17)13-4-10-19-11-5-13;1-11(2,3)9-10(13)12-7-5-4-6-8-12/h17-18H,4-16H2,1-3H3;15-16H,4-14H2,1-3H3;15H,5-14H2,1-4H3;14H,4-13H2,1-3H3;13H,4-12H2,1-3H3;4-5H,6-9H2,1-3H3. The van der Waals surface area contributed by atoms with Gasteiger partial charge in [0.05, 0.1) is 19.3 Å². The van der Waals surface area contributed by atoms with Gasteiger partial charge in [-0.1, -0.05) is 137 Å². The molecule has 12 fully saturated rings. The smallest absolute Gasteiger partial charge is 0.223 e. The molecule has 0 aromatic heterocycles. The normalized spacial score (nSPS) is 23.2. The van der Waals surface area contributed by atoms with Crippen molar-refractivity contribution in [2.24, 2.45) is 38.4 Å². The molecule has 0 aromatic rings. The van der Waals surface area contributed by atoms with E-state index in [9.17, 15) is 33.6 Å². The van der Waals surface area contributed by atoms with Crippen LogP contribution in [0, 0.1) is 38.4 Å². The molecule has 0 saturated carbocycles. The first-order valence-corrected chi connectivity index (χ1v) is 50.2. The molecular formula is C98H180N14O10S. The number of ether oxygens (including phenoxy) is 3. The van der Waals surface area contributed by atoms with Gasteiger partial charge in [-0.2, -0.15) is 11.8 Å². The van der Waals surface area contributed by atoms with Crippen molar-refractivity contribution in [1.29, 1.82) is 0 Å². The fraction of sp³-hybridized carbons (Fsp3) is 0.908. The number of nitrogens with zero attached hydrogens (tertiary/aromatic N) is 14. The summed E-state index contributed by atoms with van der Waals surface area (Å²) in [5.74, 6) is 5.63. The summed E-state index contributed by atoms with van der Waals surface area (Å²) in [7, 11) is 2.11. The molecule has 0 N–H and O–H groups in total. The van der Waals surface area contributed by atoms with Gasteiger partial charge in [0, 0.05) is 285 Å². The third kappa shape index (κ3) is 39.3. The molecule has 0 spiro atoms. The van der Waals surface area contributed by atoms with Crippen LogP contribution in [0.25, 0.3) is 0 Å². The second kappa shape index (κ2) is 50.4. The Balaban J connectivity index is 0.000000185. The molecular weight excluding hydrogens is 1570 g/mol. The lowest BCUT2D eigenvalue weighted by Gasteiger charge is -2.46. The lowest BCUT2D eigenvalue weighted by Crippen LogP contribution is -2.59. The first-order chi connectivity index (χ1) is 58.0. The summed E-state index contributed by atoms with van der Waals surface area (Å²) in [5, 5.41) is 0. The Morgan fingerprint density at radius 1 is 0.317 bits per heavy atom. The number of thioether (sulfide) groups is 1. The summed E-state index contributed by atoms with van der Waals surface area (Å²) < 4.78 is 16.2. The molecule has 13 aliphatic heterocycles. The molecule has 0 unspecified atom stereocenters. The number of piperidine rings is 3. The highest BCUT2D eigenvalue weighted by Gasteiger charge is 2.38. The second-order valence-electron chi connectivity index (χ2n) is 45.5. The van der Waals surface area contributed by atoms with Crippen LogP contribution in [-0.2, 0) is 47.8 Å². The minimum atomic E-state index is 0.0575. The molecule has 13 aliphatic rings. The fourth-order valence-corrected chi connectivity index (χ4v) is 20.3. The Morgan fingerprint density at radius 2 is 0.626 bits per heavy atom. The van der Waals surface area contributed by atoms with Crippen molar-refractivity contribution in [2.75, 3.05) is 241 Å². The van der Waals surface area contributed by atoms with Gasteiger partial charge in [0.1, 0.15) is 0 Å². The molecule has 708 valence electrons. The van der Waals surface area contributed by atoms with Crippen molar-refractivity contribution >= 4 is 53.1 Å². The Morgan fingerprint density at radius 3 is 0.959 bits per heavy atom. The van der Waals surface area contributed by atoms with Crippen LogP contribution in [0.3, 0.4) is 0 Å². The Hall–Kier alpha value is -4.02. The number of amides is 7. The molecule has 12 saturated heterocycles. The van der Waals surface area contributed by atoms with Crippen LogP contribution in [0.2, 0.25) is 0 Å². The molecule has 7 amide bonds. The number of rotatable bonds is 17. The van der Waals surface area contributed by atoms with E-state index < -0.39 is 0 Å². The maximum atomic E-state index is 12.4. The van der Waals surface area contributed by atoms with E-state index in [1.165, 1.54) is 109 Å². The fourth-order valence-electron chi connectivity index (χ4n) is 19.2. The molecule has 13 rings (SSSR count). The summed E-state index contributed by atoms with van der Waals surface area (Å²) in [6, 6.07) is 4.05. The highest BCUT2D eigenvalue weighted by Crippen LogP contribution is 2.32. The molecule has 0 aromatic carbocycles. The van der Waals surface area contributed by atoms with E-state index in [1.54, 1.807) is 0 Å². The van der Waals surface area contributed by atoms with Crippen LogP contribution in [0.15, 0.2) is 12.2 Å². The Labute approximate surface area is 753 Å². The van der Waals surface area contributed by atoms with Crippen LogP contribution in [-0.4, -0.2) is 388 Å². The van der Waals surface area contributed by atoms with E-state index in [2.05, 4.69) is 205 Å². The molecule has 25 heteroatoms. The van der Waals surface area contributed by atoms with Crippen molar-refractivity contribution < 1.29 is 47.8 Å². The van der Waals surface area contributed by atoms with Gasteiger partial charge in [0.15, 0.2) is 0 Å². The van der Waals surface area contributed by atoms with Gasteiger partial charge in [-0.3, -0.25) is 63.0 Å². The van der Waals surface area contributed by atoms with Crippen molar-refractivity contribution in [1.82, 2.24) is 68.6 Å². The summed E-state index contributed by atoms with van der Waals surface area (Å²) in [5.41, 5.74) is 0.551. The summed E-state index contributed by atoms with van der Waals surface area (Å²) in [6.45, 7) is 72.3. The molecule has 0 radical (unpaired) electrons. The number of carbonyl (C=O) groups is 7.